The van der Waals surface area contributed by atoms with Crippen LogP contribution in [0.25, 0.3) is 22.5 Å². The number of nitrogens with one attached hydrogen (secondary N) is 2. The van der Waals surface area contributed by atoms with E-state index in [1.54, 1.807) is 12.4 Å². The molecular weight excluding hydrogens is 531 g/mol. The number of alkyl halides is 1. The van der Waals surface area contributed by atoms with Gasteiger partial charge in [0.1, 0.15) is 6.04 Å². The molecule has 0 aliphatic heterocycles. The van der Waals surface area contributed by atoms with Gasteiger partial charge in [-0.1, -0.05) is 38.1 Å². The van der Waals surface area contributed by atoms with E-state index in [2.05, 4.69) is 40.6 Å². The van der Waals surface area contributed by atoms with Crippen LogP contribution >= 0.6 is 0 Å². The molecule has 2 atom stereocenters. The van der Waals surface area contributed by atoms with Crippen molar-refractivity contribution < 1.29 is 14.0 Å². The second-order valence-corrected chi connectivity index (χ2v) is 11.8. The van der Waals surface area contributed by atoms with Crippen molar-refractivity contribution in [1.82, 2.24) is 25.1 Å². The predicted molar refractivity (Wildman–Crippen MR) is 160 cm³/mol. The van der Waals surface area contributed by atoms with Gasteiger partial charge in [-0.05, 0) is 73.4 Å². The molecular formula is C33H35FN6O2. The lowest BCUT2D eigenvalue weighted by Crippen LogP contribution is -2.50. The van der Waals surface area contributed by atoms with Crippen molar-refractivity contribution in [3.8, 4) is 22.5 Å². The minimum atomic E-state index is -1.89. The van der Waals surface area contributed by atoms with Crippen molar-refractivity contribution in [3.63, 3.8) is 0 Å². The van der Waals surface area contributed by atoms with Gasteiger partial charge in [-0.3, -0.25) is 19.3 Å². The van der Waals surface area contributed by atoms with Crippen LogP contribution in [0.2, 0.25) is 0 Å². The molecule has 4 aromatic rings. The number of aryl methyl sites for hydroxylation is 3. The fraction of sp³-hybridized carbons (Fsp3) is 0.364. The molecule has 2 aromatic heterocycles. The summed E-state index contributed by atoms with van der Waals surface area (Å²) in [6.45, 7) is 6.15. The van der Waals surface area contributed by atoms with Gasteiger partial charge in [-0.2, -0.15) is 5.10 Å². The molecule has 2 aromatic carbocycles. The van der Waals surface area contributed by atoms with Gasteiger partial charge in [0.25, 0.3) is 5.91 Å². The van der Waals surface area contributed by atoms with Crippen LogP contribution in [0.1, 0.15) is 67.3 Å². The van der Waals surface area contributed by atoms with E-state index in [1.165, 1.54) is 0 Å². The fourth-order valence-corrected chi connectivity index (χ4v) is 5.79. The van der Waals surface area contributed by atoms with Crippen molar-refractivity contribution in [2.45, 2.75) is 70.0 Å². The Morgan fingerprint density at radius 2 is 1.79 bits per heavy atom. The van der Waals surface area contributed by atoms with Crippen LogP contribution in [0.15, 0.2) is 61.1 Å². The molecule has 0 radical (unpaired) electrons. The Morgan fingerprint density at radius 1 is 1.05 bits per heavy atom. The summed E-state index contributed by atoms with van der Waals surface area (Å²) in [7, 11) is 1.89. The van der Waals surface area contributed by atoms with Crippen LogP contribution in [-0.4, -0.2) is 43.3 Å². The smallest absolute Gasteiger partial charge is 0.258 e. The number of carbonyl (C=O) groups excluding carboxylic acids is 2. The zero-order valence-corrected chi connectivity index (χ0v) is 24.3. The summed E-state index contributed by atoms with van der Waals surface area (Å²) in [4.78, 5) is 35.9. The Labute approximate surface area is 244 Å². The van der Waals surface area contributed by atoms with Crippen LogP contribution in [-0.2, 0) is 23.1 Å². The molecule has 6 rings (SSSR count). The third kappa shape index (κ3) is 5.31. The van der Waals surface area contributed by atoms with Crippen LogP contribution in [0.5, 0.6) is 0 Å². The van der Waals surface area contributed by atoms with E-state index < -0.39 is 17.6 Å². The Balaban J connectivity index is 1.29. The first kappa shape index (κ1) is 27.8. The zero-order chi connectivity index (χ0) is 29.6. The first-order valence-corrected chi connectivity index (χ1v) is 14.5. The van der Waals surface area contributed by atoms with Crippen molar-refractivity contribution in [1.29, 1.82) is 0 Å². The lowest BCUT2D eigenvalue weighted by Gasteiger charge is -2.26. The highest BCUT2D eigenvalue weighted by Crippen LogP contribution is 2.42. The Kier molecular flexibility index (Phi) is 7.12. The molecule has 2 aliphatic rings. The van der Waals surface area contributed by atoms with Gasteiger partial charge in [-0.25, -0.2) is 9.37 Å². The van der Waals surface area contributed by atoms with E-state index in [-0.39, 0.29) is 30.6 Å². The molecule has 42 heavy (non-hydrogen) atoms. The van der Waals surface area contributed by atoms with Crippen LogP contribution in [0.3, 0.4) is 0 Å². The lowest BCUT2D eigenvalue weighted by atomic mass is 9.90. The van der Waals surface area contributed by atoms with E-state index in [0.29, 0.717) is 12.1 Å². The minimum Gasteiger partial charge on any atom is -0.341 e. The molecule has 0 bridgehead atoms. The number of amides is 2. The highest BCUT2D eigenvalue weighted by atomic mass is 19.1. The summed E-state index contributed by atoms with van der Waals surface area (Å²) in [5, 5.41) is 10.1. The standard InChI is InChI=1S/C33H35FN6O2/c1-19(2)27-17-35-18-28(38-27)23-6-5-21-9-12-25(26(21)15-23)29(39-32(42)33(34)13-14-33)31(41)37-24-10-7-22(8-11-24)30-20(3)16-36-40(30)4/h5-8,10-11,15-19,25,29H,9,12-14H2,1-4H3,(H,37,41)(H,39,42)/t25-,29+/m1/s1. The number of nitrogens with zero attached hydrogens (tertiary/aromatic N) is 4. The monoisotopic (exact) mass is 566 g/mol. The molecule has 2 heterocycles. The van der Waals surface area contributed by atoms with Crippen LogP contribution in [0, 0.1) is 6.92 Å². The molecule has 0 unspecified atom stereocenters. The Bertz CT molecular complexity index is 1640. The quantitative estimate of drug-likeness (QED) is 0.288. The number of hydrogen-bond acceptors (Lipinski definition) is 5. The van der Waals surface area contributed by atoms with Gasteiger partial charge in [0.15, 0.2) is 5.67 Å². The molecule has 0 spiro atoms. The van der Waals surface area contributed by atoms with Crippen molar-refractivity contribution in [3.05, 3.63) is 83.4 Å². The summed E-state index contributed by atoms with van der Waals surface area (Å²) in [6.07, 6.45) is 7.10. The zero-order valence-electron chi connectivity index (χ0n) is 24.3. The number of rotatable bonds is 8. The number of aromatic nitrogens is 4. The summed E-state index contributed by atoms with van der Waals surface area (Å²) in [6, 6.07) is 12.7. The van der Waals surface area contributed by atoms with Crippen molar-refractivity contribution in [2.75, 3.05) is 5.32 Å². The summed E-state index contributed by atoms with van der Waals surface area (Å²) < 4.78 is 16.6. The van der Waals surface area contributed by atoms with Crippen LogP contribution < -0.4 is 10.6 Å². The number of carbonyl (C=O) groups is 2. The molecule has 1 saturated carbocycles. The molecule has 1 fully saturated rings. The molecule has 2 amide bonds. The normalized spacial score (nSPS) is 17.5. The summed E-state index contributed by atoms with van der Waals surface area (Å²) >= 11 is 0. The fourth-order valence-electron chi connectivity index (χ4n) is 5.79. The molecule has 2 aliphatic carbocycles. The first-order chi connectivity index (χ1) is 20.1. The Hall–Kier alpha value is -4.40. The maximum Gasteiger partial charge on any atom is 0.258 e. The highest BCUT2D eigenvalue weighted by molar-refractivity contribution is 6.00. The van der Waals surface area contributed by atoms with E-state index in [4.69, 9.17) is 4.98 Å². The average Bonchev–Trinajstić information content (AvgIpc) is 3.47. The lowest BCUT2D eigenvalue weighted by molar-refractivity contribution is -0.131. The average molecular weight is 567 g/mol. The van der Waals surface area contributed by atoms with Gasteiger partial charge in [0.2, 0.25) is 5.91 Å². The van der Waals surface area contributed by atoms with Crippen LogP contribution in [0.4, 0.5) is 10.1 Å². The summed E-state index contributed by atoms with van der Waals surface area (Å²) in [5.41, 5.74) is 6.36. The number of hydrogen-bond donors (Lipinski definition) is 2. The maximum atomic E-state index is 14.8. The number of benzene rings is 2. The van der Waals surface area contributed by atoms with Crippen molar-refractivity contribution >= 4 is 17.5 Å². The first-order valence-electron chi connectivity index (χ1n) is 14.5. The molecule has 0 saturated heterocycles. The molecule has 9 heteroatoms. The minimum absolute atomic E-state index is 0.179. The predicted octanol–water partition coefficient (Wildman–Crippen LogP) is 5.63. The van der Waals surface area contributed by atoms with E-state index in [0.717, 1.165) is 51.3 Å². The largest absolute Gasteiger partial charge is 0.341 e. The second kappa shape index (κ2) is 10.8. The maximum absolute atomic E-state index is 14.8. The van der Waals surface area contributed by atoms with Gasteiger partial charge in [-0.15, -0.1) is 0 Å². The molecule has 2 N–H and O–H groups in total. The third-order valence-corrected chi connectivity index (χ3v) is 8.43. The van der Waals surface area contributed by atoms with Crippen molar-refractivity contribution in [2.24, 2.45) is 7.05 Å². The van der Waals surface area contributed by atoms with E-state index in [9.17, 15) is 14.0 Å². The van der Waals surface area contributed by atoms with Gasteiger partial charge in [0.05, 0.1) is 29.5 Å². The van der Waals surface area contributed by atoms with Gasteiger partial charge in [0, 0.05) is 36.0 Å². The third-order valence-electron chi connectivity index (χ3n) is 8.43. The van der Waals surface area contributed by atoms with Gasteiger partial charge >= 0.3 is 0 Å². The van der Waals surface area contributed by atoms with E-state index in [1.807, 2.05) is 61.2 Å². The topological polar surface area (TPSA) is 102 Å². The highest BCUT2D eigenvalue weighted by Gasteiger charge is 2.52. The SMILES string of the molecule is Cc1cnn(C)c1-c1ccc(NC(=O)[C@@H](NC(=O)C2(F)CC2)[C@@H]2CCc3ccc(-c4cncc(C(C)C)n4)cc32)cc1. The molecule has 216 valence electrons. The van der Waals surface area contributed by atoms with Gasteiger partial charge < -0.3 is 10.6 Å². The second-order valence-electron chi connectivity index (χ2n) is 11.8. The summed E-state index contributed by atoms with van der Waals surface area (Å²) in [5.74, 6) is -1.17. The molecule has 8 nitrogen and oxygen atoms in total. The number of anilines is 1. The number of halogens is 1. The number of fused-ring (bicyclic) bond motifs is 1. The van der Waals surface area contributed by atoms with E-state index >= 15 is 0 Å². The Morgan fingerprint density at radius 3 is 2.45 bits per heavy atom.